The summed E-state index contributed by atoms with van der Waals surface area (Å²) >= 11 is 0. The number of pyridine rings is 1. The summed E-state index contributed by atoms with van der Waals surface area (Å²) in [6.07, 6.45) is 16.8. The summed E-state index contributed by atoms with van der Waals surface area (Å²) < 4.78 is 0. The molecule has 0 radical (unpaired) electrons. The predicted octanol–water partition coefficient (Wildman–Crippen LogP) is 5.87. The van der Waals surface area contributed by atoms with E-state index >= 15 is 0 Å². The van der Waals surface area contributed by atoms with Crippen molar-refractivity contribution < 1.29 is 0 Å². The molecule has 0 saturated carbocycles. The van der Waals surface area contributed by atoms with Crippen LogP contribution in [0.2, 0.25) is 0 Å². The maximum atomic E-state index is 5.27. The Kier molecular flexibility index (Phi) is 38.1. The second-order valence-corrected chi connectivity index (χ2v) is 6.78. The van der Waals surface area contributed by atoms with Gasteiger partial charge in [-0.3, -0.25) is 4.98 Å². The molecule has 0 unspecified atom stereocenters. The molecule has 0 aromatic carbocycles. The monoisotopic (exact) mass is 396 g/mol. The Morgan fingerprint density at radius 1 is 0.607 bits per heavy atom. The molecule has 0 aliphatic heterocycles. The lowest BCUT2D eigenvalue weighted by Crippen LogP contribution is -2.27. The Morgan fingerprint density at radius 2 is 1.04 bits per heavy atom. The first-order chi connectivity index (χ1) is 13.8. The van der Waals surface area contributed by atoms with Crippen LogP contribution in [0.3, 0.4) is 0 Å². The van der Waals surface area contributed by atoms with E-state index in [-0.39, 0.29) is 0 Å². The highest BCUT2D eigenvalue weighted by atomic mass is 15.1. The van der Waals surface area contributed by atoms with Crippen LogP contribution in [0.15, 0.2) is 30.6 Å². The first-order valence-electron chi connectivity index (χ1n) is 11.6. The molecule has 1 aromatic heterocycles. The quantitative estimate of drug-likeness (QED) is 0.409. The fourth-order valence-corrected chi connectivity index (χ4v) is 2.36. The van der Waals surface area contributed by atoms with Crippen molar-refractivity contribution in [3.8, 4) is 0 Å². The van der Waals surface area contributed by atoms with E-state index in [1.54, 1.807) is 12.4 Å². The van der Waals surface area contributed by atoms with Crippen molar-refractivity contribution in [2.75, 3.05) is 33.2 Å². The molecule has 1 heterocycles. The third-order valence-electron chi connectivity index (χ3n) is 4.11. The number of unbranched alkanes of at least 4 members (excludes halogenated alkanes) is 6. The zero-order chi connectivity index (χ0) is 21.7. The summed E-state index contributed by atoms with van der Waals surface area (Å²) in [5.74, 6) is 0. The van der Waals surface area contributed by atoms with Crippen LogP contribution < -0.4 is 11.5 Å². The van der Waals surface area contributed by atoms with Gasteiger partial charge >= 0.3 is 0 Å². The molecule has 0 atom stereocenters. The molecule has 28 heavy (non-hydrogen) atoms. The fraction of sp³-hybridized carbons (Fsp3) is 0.792. The zero-order valence-corrected chi connectivity index (χ0v) is 19.8. The molecule has 1 rings (SSSR count). The Balaban J connectivity index is -0.000000349. The molecule has 0 fully saturated rings. The van der Waals surface area contributed by atoms with Gasteiger partial charge in [-0.15, -0.1) is 0 Å². The summed E-state index contributed by atoms with van der Waals surface area (Å²) in [6, 6.07) is 5.72. The number of hydrogen-bond acceptors (Lipinski definition) is 4. The van der Waals surface area contributed by atoms with Gasteiger partial charge < -0.3 is 16.4 Å². The highest BCUT2D eigenvalue weighted by Crippen LogP contribution is 2.01. The van der Waals surface area contributed by atoms with Gasteiger partial charge in [0.1, 0.15) is 0 Å². The van der Waals surface area contributed by atoms with Crippen LogP contribution >= 0.6 is 0 Å². The second kappa shape index (κ2) is 33.6. The van der Waals surface area contributed by atoms with E-state index in [1.807, 2.05) is 18.2 Å². The van der Waals surface area contributed by atoms with Crippen molar-refractivity contribution >= 4 is 0 Å². The maximum absolute atomic E-state index is 5.27. The van der Waals surface area contributed by atoms with Crippen LogP contribution in [0.5, 0.6) is 0 Å². The Bertz CT molecular complexity index is 270. The topological polar surface area (TPSA) is 68.2 Å². The summed E-state index contributed by atoms with van der Waals surface area (Å²) in [5, 5.41) is 0. The van der Waals surface area contributed by atoms with E-state index in [0.717, 1.165) is 6.54 Å². The lowest BCUT2D eigenvalue weighted by atomic mass is 10.2. The summed E-state index contributed by atoms with van der Waals surface area (Å²) in [6.45, 7) is 13.8. The first kappa shape index (κ1) is 31.7. The van der Waals surface area contributed by atoms with Crippen LogP contribution in [-0.4, -0.2) is 43.1 Å². The molecule has 4 heteroatoms. The van der Waals surface area contributed by atoms with Crippen molar-refractivity contribution in [3.05, 3.63) is 30.6 Å². The van der Waals surface area contributed by atoms with E-state index in [0.29, 0.717) is 0 Å². The number of rotatable bonds is 13. The molecule has 0 aliphatic rings. The normalized spacial score (nSPS) is 9.43. The second-order valence-electron chi connectivity index (χ2n) is 6.78. The molecule has 4 nitrogen and oxygen atoms in total. The average molecular weight is 397 g/mol. The highest BCUT2D eigenvalue weighted by molar-refractivity contribution is 4.88. The third-order valence-corrected chi connectivity index (χ3v) is 4.11. The molecule has 168 valence electrons. The summed E-state index contributed by atoms with van der Waals surface area (Å²) in [7, 11) is 1.50. The number of nitrogens with two attached hydrogens (primary N) is 2. The largest absolute Gasteiger partial charge is 0.333 e. The Labute approximate surface area is 177 Å². The summed E-state index contributed by atoms with van der Waals surface area (Å²) in [4.78, 5) is 6.42. The minimum Gasteiger partial charge on any atom is -0.333 e. The molecule has 4 N–H and O–H groups in total. The zero-order valence-electron chi connectivity index (χ0n) is 19.8. The molecule has 0 saturated heterocycles. The van der Waals surface area contributed by atoms with E-state index in [4.69, 9.17) is 5.73 Å². The molecular weight excluding hydrogens is 344 g/mol. The van der Waals surface area contributed by atoms with Gasteiger partial charge in [-0.1, -0.05) is 72.3 Å². The van der Waals surface area contributed by atoms with Gasteiger partial charge in [-0.2, -0.15) is 0 Å². The molecule has 0 spiro atoms. The summed E-state index contributed by atoms with van der Waals surface area (Å²) in [5.41, 5.74) is 9.77. The van der Waals surface area contributed by atoms with E-state index in [1.165, 1.54) is 90.9 Å². The lowest BCUT2D eigenvalue weighted by Gasteiger charge is -2.21. The number of hydrogen-bond donors (Lipinski definition) is 2. The minimum atomic E-state index is 0.861. The van der Waals surface area contributed by atoms with Crippen LogP contribution in [0.1, 0.15) is 91.9 Å². The molecule has 0 bridgehead atoms. The SMILES string of the molecule is CCCCCCN.CCCCN(CCCC)CCCC.CN.c1ccncc1. The van der Waals surface area contributed by atoms with Crippen LogP contribution in [-0.2, 0) is 0 Å². The van der Waals surface area contributed by atoms with Crippen LogP contribution in [0, 0.1) is 0 Å². The van der Waals surface area contributed by atoms with E-state index in [2.05, 4.69) is 43.3 Å². The first-order valence-corrected chi connectivity index (χ1v) is 11.6. The Morgan fingerprint density at radius 3 is 1.29 bits per heavy atom. The maximum Gasteiger partial charge on any atom is 0.0267 e. The van der Waals surface area contributed by atoms with Crippen LogP contribution in [0.25, 0.3) is 0 Å². The Hall–Kier alpha value is -0.970. The van der Waals surface area contributed by atoms with E-state index < -0.39 is 0 Å². The standard InChI is InChI=1S/C12H27N.C6H15N.C5H5N.CH5N/c1-4-7-10-13(11-8-5-2)12-9-6-3;1-2-3-4-5-6-7;1-2-4-6-5-3-1;1-2/h4-12H2,1-3H3;2-7H2,1H3;1-5H;2H2,1H3. The van der Waals surface area contributed by atoms with Gasteiger partial charge in [0.15, 0.2) is 0 Å². The van der Waals surface area contributed by atoms with Crippen molar-refractivity contribution in [1.29, 1.82) is 0 Å². The molecule has 0 aliphatic carbocycles. The van der Waals surface area contributed by atoms with Gasteiger partial charge in [0.2, 0.25) is 0 Å². The highest BCUT2D eigenvalue weighted by Gasteiger charge is 2.01. The van der Waals surface area contributed by atoms with Crippen molar-refractivity contribution in [2.45, 2.75) is 91.9 Å². The third kappa shape index (κ3) is 32.7. The number of nitrogens with zero attached hydrogens (tertiary/aromatic N) is 2. The minimum absolute atomic E-state index is 0.861. The van der Waals surface area contributed by atoms with Gasteiger partial charge in [0.05, 0.1) is 0 Å². The van der Waals surface area contributed by atoms with Crippen molar-refractivity contribution in [2.24, 2.45) is 11.5 Å². The molecular formula is C24H52N4. The van der Waals surface area contributed by atoms with Crippen molar-refractivity contribution in [3.63, 3.8) is 0 Å². The predicted molar refractivity (Wildman–Crippen MR) is 129 cm³/mol. The smallest absolute Gasteiger partial charge is 0.0267 e. The lowest BCUT2D eigenvalue weighted by molar-refractivity contribution is 0.261. The number of aromatic nitrogens is 1. The van der Waals surface area contributed by atoms with Gasteiger partial charge in [-0.25, -0.2) is 0 Å². The van der Waals surface area contributed by atoms with Gasteiger partial charge in [-0.05, 0) is 71.0 Å². The van der Waals surface area contributed by atoms with Crippen molar-refractivity contribution in [1.82, 2.24) is 9.88 Å². The van der Waals surface area contributed by atoms with E-state index in [9.17, 15) is 0 Å². The van der Waals surface area contributed by atoms with Crippen LogP contribution in [0.4, 0.5) is 0 Å². The van der Waals surface area contributed by atoms with Gasteiger partial charge in [0, 0.05) is 12.4 Å². The fourth-order valence-electron chi connectivity index (χ4n) is 2.36. The molecule has 0 amide bonds. The molecule has 1 aromatic rings. The van der Waals surface area contributed by atoms with Gasteiger partial charge in [0.25, 0.3) is 0 Å². The average Bonchev–Trinajstić information content (AvgIpc) is 2.77.